The molecule has 1 atom stereocenters. The van der Waals surface area contributed by atoms with E-state index >= 15 is 0 Å². The summed E-state index contributed by atoms with van der Waals surface area (Å²) in [4.78, 5) is 24.3. The number of fused-ring (bicyclic) bond motifs is 1. The van der Waals surface area contributed by atoms with E-state index in [2.05, 4.69) is 21.0 Å². The maximum Gasteiger partial charge on any atom is 0.330 e. The van der Waals surface area contributed by atoms with Gasteiger partial charge in [0.2, 0.25) is 0 Å². The molecular formula is C15H17BrN2O3. The molecule has 2 rings (SSSR count). The highest BCUT2D eigenvalue weighted by Gasteiger charge is 2.21. The summed E-state index contributed by atoms with van der Waals surface area (Å²) in [7, 11) is 1.30. The summed E-state index contributed by atoms with van der Waals surface area (Å²) in [5, 5.41) is 5.74. The number of ether oxygens (including phenoxy) is 1. The third-order valence-corrected chi connectivity index (χ3v) is 3.86. The number of hydrogen-bond donors (Lipinski definition) is 0. The van der Waals surface area contributed by atoms with E-state index in [-0.39, 0.29) is 11.5 Å². The van der Waals surface area contributed by atoms with Gasteiger partial charge in [0.05, 0.1) is 18.2 Å². The molecule has 0 aliphatic heterocycles. The third kappa shape index (κ3) is 2.85. The zero-order valence-corrected chi connectivity index (χ0v) is 14.0. The lowest BCUT2D eigenvalue weighted by atomic mass is 10.0. The van der Waals surface area contributed by atoms with Crippen LogP contribution < -0.4 is 5.56 Å². The standard InChI is InChI=1S/C15H17BrN2O3/c1-8(2)13-12-7-10(16)5-6-11(12)14(19)18(17-13)9(3)15(20)21-4/h5-9H,1-4H3. The normalized spacial score (nSPS) is 12.7. The molecule has 1 aromatic carbocycles. The number of benzene rings is 1. The molecule has 0 amide bonds. The highest BCUT2D eigenvalue weighted by Crippen LogP contribution is 2.25. The second-order valence-corrected chi connectivity index (χ2v) is 6.09. The van der Waals surface area contributed by atoms with E-state index in [9.17, 15) is 9.59 Å². The maximum absolute atomic E-state index is 12.6. The minimum absolute atomic E-state index is 0.124. The molecule has 0 bridgehead atoms. The molecule has 0 fully saturated rings. The molecule has 0 aliphatic rings. The van der Waals surface area contributed by atoms with Crippen molar-refractivity contribution in [2.24, 2.45) is 0 Å². The lowest BCUT2D eigenvalue weighted by Crippen LogP contribution is -2.32. The summed E-state index contributed by atoms with van der Waals surface area (Å²) in [5.41, 5.74) is 0.487. The van der Waals surface area contributed by atoms with Gasteiger partial charge in [0.15, 0.2) is 6.04 Å². The molecule has 0 spiro atoms. The summed E-state index contributed by atoms with van der Waals surface area (Å²) in [6.07, 6.45) is 0. The second kappa shape index (κ2) is 5.97. The predicted octanol–water partition coefficient (Wildman–Crippen LogP) is 3.02. The number of nitrogens with zero attached hydrogens (tertiary/aromatic N) is 2. The molecule has 21 heavy (non-hydrogen) atoms. The molecule has 0 saturated carbocycles. The van der Waals surface area contributed by atoms with Crippen LogP contribution in [0, 0.1) is 0 Å². The Labute approximate surface area is 131 Å². The molecule has 5 nitrogen and oxygen atoms in total. The molecule has 0 aliphatic carbocycles. The maximum atomic E-state index is 12.6. The Morgan fingerprint density at radius 3 is 2.52 bits per heavy atom. The number of methoxy groups -OCH3 is 1. The van der Waals surface area contributed by atoms with Crippen molar-refractivity contribution in [1.29, 1.82) is 0 Å². The number of aromatic nitrogens is 2. The van der Waals surface area contributed by atoms with Crippen LogP contribution in [0.5, 0.6) is 0 Å². The summed E-state index contributed by atoms with van der Waals surface area (Å²) < 4.78 is 6.80. The Bertz CT molecular complexity index is 752. The molecule has 2 aromatic rings. The van der Waals surface area contributed by atoms with E-state index in [0.717, 1.165) is 15.6 Å². The van der Waals surface area contributed by atoms with Gasteiger partial charge in [0.25, 0.3) is 5.56 Å². The van der Waals surface area contributed by atoms with Crippen molar-refractivity contribution in [3.8, 4) is 0 Å². The molecule has 6 heteroatoms. The van der Waals surface area contributed by atoms with Crippen molar-refractivity contribution in [3.63, 3.8) is 0 Å². The minimum Gasteiger partial charge on any atom is -0.467 e. The molecule has 1 unspecified atom stereocenters. The van der Waals surface area contributed by atoms with Crippen LogP contribution in [0.15, 0.2) is 27.5 Å². The fraction of sp³-hybridized carbons (Fsp3) is 0.400. The SMILES string of the molecule is COC(=O)C(C)n1nc(C(C)C)c2cc(Br)ccc2c1=O. The van der Waals surface area contributed by atoms with Gasteiger partial charge in [0.1, 0.15) is 0 Å². The van der Waals surface area contributed by atoms with Gasteiger partial charge >= 0.3 is 5.97 Å². The van der Waals surface area contributed by atoms with Crippen molar-refractivity contribution in [2.45, 2.75) is 32.7 Å². The Morgan fingerprint density at radius 1 is 1.29 bits per heavy atom. The highest BCUT2D eigenvalue weighted by atomic mass is 79.9. The van der Waals surface area contributed by atoms with Crippen LogP contribution in [-0.4, -0.2) is 22.9 Å². The van der Waals surface area contributed by atoms with Gasteiger partial charge in [-0.25, -0.2) is 9.48 Å². The van der Waals surface area contributed by atoms with Crippen LogP contribution in [-0.2, 0) is 9.53 Å². The first-order valence-corrected chi connectivity index (χ1v) is 7.46. The predicted molar refractivity (Wildman–Crippen MR) is 84.5 cm³/mol. The van der Waals surface area contributed by atoms with Gasteiger partial charge in [-0.3, -0.25) is 4.79 Å². The van der Waals surface area contributed by atoms with Crippen LogP contribution in [0.3, 0.4) is 0 Å². The average molecular weight is 353 g/mol. The van der Waals surface area contributed by atoms with Crippen molar-refractivity contribution >= 4 is 32.7 Å². The number of halogens is 1. The van der Waals surface area contributed by atoms with Gasteiger partial charge in [-0.15, -0.1) is 0 Å². The first-order chi connectivity index (χ1) is 9.86. The summed E-state index contributed by atoms with van der Waals surface area (Å²) in [5.74, 6) is -0.366. The van der Waals surface area contributed by atoms with Crippen molar-refractivity contribution < 1.29 is 9.53 Å². The fourth-order valence-electron chi connectivity index (χ4n) is 2.21. The van der Waals surface area contributed by atoms with Gasteiger partial charge in [0, 0.05) is 9.86 Å². The second-order valence-electron chi connectivity index (χ2n) is 5.18. The van der Waals surface area contributed by atoms with Gasteiger partial charge in [-0.1, -0.05) is 29.8 Å². The van der Waals surface area contributed by atoms with Gasteiger partial charge < -0.3 is 4.74 Å². The molecule has 1 aromatic heterocycles. The van der Waals surface area contributed by atoms with Crippen LogP contribution in [0.1, 0.15) is 38.4 Å². The molecule has 112 valence electrons. The number of carbonyl (C=O) groups excluding carboxylic acids is 1. The quantitative estimate of drug-likeness (QED) is 0.796. The Balaban J connectivity index is 2.80. The van der Waals surface area contributed by atoms with Crippen molar-refractivity contribution in [2.75, 3.05) is 7.11 Å². The Hall–Kier alpha value is -1.69. The average Bonchev–Trinajstić information content (AvgIpc) is 2.45. The van der Waals surface area contributed by atoms with Crippen molar-refractivity contribution in [1.82, 2.24) is 9.78 Å². The number of carbonyl (C=O) groups is 1. The molecular weight excluding hydrogens is 336 g/mol. The van der Waals surface area contributed by atoms with E-state index in [1.165, 1.54) is 11.8 Å². The van der Waals surface area contributed by atoms with E-state index < -0.39 is 12.0 Å². The molecule has 0 radical (unpaired) electrons. The smallest absolute Gasteiger partial charge is 0.330 e. The monoisotopic (exact) mass is 352 g/mol. The topological polar surface area (TPSA) is 61.2 Å². The largest absolute Gasteiger partial charge is 0.467 e. The lowest BCUT2D eigenvalue weighted by molar-refractivity contribution is -0.144. The van der Waals surface area contributed by atoms with Crippen LogP contribution in [0.2, 0.25) is 0 Å². The van der Waals surface area contributed by atoms with E-state index in [4.69, 9.17) is 4.74 Å². The van der Waals surface area contributed by atoms with Crippen LogP contribution in [0.25, 0.3) is 10.8 Å². The van der Waals surface area contributed by atoms with Crippen LogP contribution in [0.4, 0.5) is 0 Å². The Morgan fingerprint density at radius 2 is 1.95 bits per heavy atom. The number of rotatable bonds is 3. The van der Waals surface area contributed by atoms with Gasteiger partial charge in [-0.05, 0) is 31.0 Å². The minimum atomic E-state index is -0.756. The van der Waals surface area contributed by atoms with Crippen LogP contribution >= 0.6 is 15.9 Å². The first-order valence-electron chi connectivity index (χ1n) is 6.66. The molecule has 0 N–H and O–H groups in total. The first kappa shape index (κ1) is 15.7. The Kier molecular flexibility index (Phi) is 4.46. The summed E-state index contributed by atoms with van der Waals surface area (Å²) >= 11 is 3.41. The third-order valence-electron chi connectivity index (χ3n) is 3.37. The number of hydrogen-bond acceptors (Lipinski definition) is 4. The molecule has 1 heterocycles. The van der Waals surface area contributed by atoms with Crippen molar-refractivity contribution in [3.05, 3.63) is 38.7 Å². The lowest BCUT2D eigenvalue weighted by Gasteiger charge is -2.16. The van der Waals surface area contributed by atoms with E-state index in [1.54, 1.807) is 19.1 Å². The fourth-order valence-corrected chi connectivity index (χ4v) is 2.57. The summed E-state index contributed by atoms with van der Waals surface area (Å²) in [6, 6.07) is 4.68. The van der Waals surface area contributed by atoms with E-state index in [1.807, 2.05) is 19.9 Å². The van der Waals surface area contributed by atoms with Gasteiger partial charge in [-0.2, -0.15) is 5.10 Å². The zero-order chi connectivity index (χ0) is 15.7. The summed E-state index contributed by atoms with van der Waals surface area (Å²) in [6.45, 7) is 5.61. The highest BCUT2D eigenvalue weighted by molar-refractivity contribution is 9.10. The van der Waals surface area contributed by atoms with E-state index in [0.29, 0.717) is 5.39 Å². The number of esters is 1. The zero-order valence-electron chi connectivity index (χ0n) is 12.4. The molecule has 0 saturated heterocycles.